The van der Waals surface area contributed by atoms with Crippen LogP contribution in [0.4, 0.5) is 10.1 Å². The molecule has 0 radical (unpaired) electrons. The predicted octanol–water partition coefficient (Wildman–Crippen LogP) is 4.49. The van der Waals surface area contributed by atoms with E-state index >= 15 is 0 Å². The van der Waals surface area contributed by atoms with Crippen LogP contribution in [0.2, 0.25) is 0 Å². The number of anilines is 1. The number of nitrogens with zero attached hydrogens (tertiary/aromatic N) is 3. The Morgan fingerprint density at radius 2 is 1.94 bits per heavy atom. The number of hydrogen-bond acceptors (Lipinski definition) is 5. The standard InChI is InChI=1S/C24H21FIN3O4/c1-3-33-23(31)20-19-21(29(27-20)15-5-7-16(32-2)8-6-15)22(30)28(13-24(19)10-11-24)18-9-4-14(26)12-17(18)25/h4-9,12H,3,10-11,13H2,1-2H3. The van der Waals surface area contributed by atoms with Crippen molar-refractivity contribution < 1.29 is 23.5 Å². The Morgan fingerprint density at radius 1 is 1.21 bits per heavy atom. The second-order valence-corrected chi connectivity index (χ2v) is 9.42. The first kappa shape index (κ1) is 21.9. The van der Waals surface area contributed by atoms with Crippen LogP contribution in [0.3, 0.4) is 0 Å². The van der Waals surface area contributed by atoms with E-state index in [1.807, 2.05) is 22.6 Å². The summed E-state index contributed by atoms with van der Waals surface area (Å²) >= 11 is 2.04. The Bertz CT molecular complexity index is 1270. The van der Waals surface area contributed by atoms with Gasteiger partial charge in [0.05, 0.1) is 25.1 Å². The first-order chi connectivity index (χ1) is 15.9. The van der Waals surface area contributed by atoms with Gasteiger partial charge in [0.25, 0.3) is 5.91 Å². The van der Waals surface area contributed by atoms with Gasteiger partial charge >= 0.3 is 5.97 Å². The smallest absolute Gasteiger partial charge is 0.359 e. The van der Waals surface area contributed by atoms with E-state index in [0.29, 0.717) is 17.0 Å². The lowest BCUT2D eigenvalue weighted by molar-refractivity contribution is 0.0516. The van der Waals surface area contributed by atoms with Crippen molar-refractivity contribution in [3.05, 3.63) is 68.8 Å². The van der Waals surface area contributed by atoms with E-state index in [2.05, 4.69) is 5.10 Å². The number of hydrogen-bond donors (Lipinski definition) is 0. The van der Waals surface area contributed by atoms with Gasteiger partial charge in [0.15, 0.2) is 5.69 Å². The fourth-order valence-electron chi connectivity index (χ4n) is 4.41. The van der Waals surface area contributed by atoms with Crippen LogP contribution in [0, 0.1) is 9.39 Å². The Kier molecular flexibility index (Phi) is 5.38. The molecule has 1 spiro atoms. The molecule has 3 aromatic rings. The molecule has 1 aliphatic carbocycles. The Labute approximate surface area is 203 Å². The van der Waals surface area contributed by atoms with Gasteiger partial charge in [0, 0.05) is 21.1 Å². The number of fused-ring (bicyclic) bond motifs is 2. The van der Waals surface area contributed by atoms with Gasteiger partial charge in [-0.05, 0) is 84.8 Å². The fourth-order valence-corrected chi connectivity index (χ4v) is 4.86. The van der Waals surface area contributed by atoms with Crippen molar-refractivity contribution in [3.63, 3.8) is 0 Å². The first-order valence-electron chi connectivity index (χ1n) is 10.6. The van der Waals surface area contributed by atoms with Crippen molar-refractivity contribution in [2.75, 3.05) is 25.2 Å². The number of rotatable bonds is 5. The summed E-state index contributed by atoms with van der Waals surface area (Å²) in [7, 11) is 1.57. The molecule has 0 unspecified atom stereocenters. The molecule has 1 aliphatic heterocycles. The van der Waals surface area contributed by atoms with Gasteiger partial charge in [0.2, 0.25) is 0 Å². The van der Waals surface area contributed by atoms with Crippen LogP contribution in [0.15, 0.2) is 42.5 Å². The highest BCUT2D eigenvalue weighted by atomic mass is 127. The van der Waals surface area contributed by atoms with E-state index < -0.39 is 23.1 Å². The third kappa shape index (κ3) is 3.58. The molecule has 0 bridgehead atoms. The highest BCUT2D eigenvalue weighted by molar-refractivity contribution is 14.1. The van der Waals surface area contributed by atoms with Crippen molar-refractivity contribution in [1.29, 1.82) is 0 Å². The van der Waals surface area contributed by atoms with Gasteiger partial charge < -0.3 is 14.4 Å². The molecular weight excluding hydrogens is 540 g/mol. The molecule has 1 aromatic heterocycles. The maximum absolute atomic E-state index is 14.9. The molecule has 0 N–H and O–H groups in total. The molecule has 0 atom stereocenters. The number of aromatic nitrogens is 2. The minimum absolute atomic E-state index is 0.149. The highest BCUT2D eigenvalue weighted by Crippen LogP contribution is 2.54. The quantitative estimate of drug-likeness (QED) is 0.339. The number of ether oxygens (including phenoxy) is 2. The van der Waals surface area contributed by atoms with E-state index in [1.54, 1.807) is 50.4 Å². The van der Waals surface area contributed by atoms with Crippen LogP contribution in [0.1, 0.15) is 46.3 Å². The number of amides is 1. The molecule has 1 fully saturated rings. The summed E-state index contributed by atoms with van der Waals surface area (Å²) in [5.74, 6) is -0.774. The molecule has 170 valence electrons. The SMILES string of the molecule is CCOC(=O)c1nn(-c2ccc(OC)cc2)c2c1C1(CC1)CN(c1ccc(I)cc1F)C2=O. The van der Waals surface area contributed by atoms with E-state index in [4.69, 9.17) is 9.47 Å². The number of carbonyl (C=O) groups excluding carboxylic acids is 2. The van der Waals surface area contributed by atoms with Gasteiger partial charge in [-0.2, -0.15) is 5.10 Å². The molecular formula is C24H21FIN3O4. The van der Waals surface area contributed by atoms with Gasteiger partial charge in [-0.1, -0.05) is 0 Å². The Morgan fingerprint density at radius 3 is 2.55 bits per heavy atom. The van der Waals surface area contributed by atoms with E-state index in [1.165, 1.54) is 15.6 Å². The lowest BCUT2D eigenvalue weighted by Gasteiger charge is -2.33. The Hall–Kier alpha value is -2.95. The third-order valence-electron chi connectivity index (χ3n) is 6.16. The van der Waals surface area contributed by atoms with Crippen LogP contribution in [-0.4, -0.2) is 41.9 Å². The molecule has 2 aromatic carbocycles. The van der Waals surface area contributed by atoms with Crippen molar-refractivity contribution in [2.45, 2.75) is 25.2 Å². The summed E-state index contributed by atoms with van der Waals surface area (Å²) in [6.45, 7) is 2.21. The normalized spacial score (nSPS) is 16.0. The monoisotopic (exact) mass is 561 g/mol. The van der Waals surface area contributed by atoms with Crippen LogP contribution in [0.5, 0.6) is 5.75 Å². The minimum atomic E-state index is -0.561. The summed E-state index contributed by atoms with van der Waals surface area (Å²) in [5, 5.41) is 4.55. The summed E-state index contributed by atoms with van der Waals surface area (Å²) in [5.41, 5.74) is 1.38. The summed E-state index contributed by atoms with van der Waals surface area (Å²) in [6, 6.07) is 11.8. The van der Waals surface area contributed by atoms with Crippen molar-refractivity contribution >= 4 is 40.2 Å². The lowest BCUT2D eigenvalue weighted by Crippen LogP contribution is -2.45. The highest BCUT2D eigenvalue weighted by Gasteiger charge is 2.56. The summed E-state index contributed by atoms with van der Waals surface area (Å²) in [6.07, 6.45) is 1.55. The van der Waals surface area contributed by atoms with E-state index in [0.717, 1.165) is 16.4 Å². The van der Waals surface area contributed by atoms with Crippen LogP contribution < -0.4 is 9.64 Å². The zero-order chi connectivity index (χ0) is 23.3. The largest absolute Gasteiger partial charge is 0.497 e. The molecule has 5 rings (SSSR count). The minimum Gasteiger partial charge on any atom is -0.497 e. The van der Waals surface area contributed by atoms with Crippen molar-refractivity contribution in [2.24, 2.45) is 0 Å². The van der Waals surface area contributed by atoms with Gasteiger partial charge in [0.1, 0.15) is 17.3 Å². The van der Waals surface area contributed by atoms with Crippen molar-refractivity contribution in [3.8, 4) is 11.4 Å². The van der Waals surface area contributed by atoms with Crippen LogP contribution in [0.25, 0.3) is 5.69 Å². The average molecular weight is 561 g/mol. The molecule has 0 saturated heterocycles. The molecule has 9 heteroatoms. The molecule has 1 saturated carbocycles. The summed E-state index contributed by atoms with van der Waals surface area (Å²) < 4.78 is 27.6. The second-order valence-electron chi connectivity index (χ2n) is 8.17. The third-order valence-corrected chi connectivity index (χ3v) is 6.84. The molecule has 1 amide bonds. The predicted molar refractivity (Wildman–Crippen MR) is 128 cm³/mol. The van der Waals surface area contributed by atoms with Gasteiger partial charge in [-0.15, -0.1) is 0 Å². The van der Waals surface area contributed by atoms with E-state index in [9.17, 15) is 14.0 Å². The lowest BCUT2D eigenvalue weighted by atomic mass is 9.88. The maximum Gasteiger partial charge on any atom is 0.359 e. The Balaban J connectivity index is 1.71. The topological polar surface area (TPSA) is 73.7 Å². The summed E-state index contributed by atoms with van der Waals surface area (Å²) in [4.78, 5) is 28.1. The van der Waals surface area contributed by atoms with Gasteiger partial charge in [-0.3, -0.25) is 4.79 Å². The fraction of sp³-hybridized carbons (Fsp3) is 0.292. The second kappa shape index (κ2) is 8.12. The number of carbonyl (C=O) groups is 2. The first-order valence-corrected chi connectivity index (χ1v) is 11.7. The number of halogens is 2. The van der Waals surface area contributed by atoms with Gasteiger partial charge in [-0.25, -0.2) is 13.9 Å². The molecule has 33 heavy (non-hydrogen) atoms. The number of methoxy groups -OCH3 is 1. The van der Waals surface area contributed by atoms with Crippen molar-refractivity contribution in [1.82, 2.24) is 9.78 Å². The number of benzene rings is 2. The van der Waals surface area contributed by atoms with Crippen LogP contribution in [-0.2, 0) is 10.2 Å². The zero-order valence-corrected chi connectivity index (χ0v) is 20.3. The zero-order valence-electron chi connectivity index (χ0n) is 18.1. The molecule has 2 heterocycles. The average Bonchev–Trinajstić information content (AvgIpc) is 3.45. The van der Waals surface area contributed by atoms with E-state index in [-0.39, 0.29) is 30.2 Å². The number of esters is 1. The maximum atomic E-state index is 14.9. The molecule has 2 aliphatic rings. The van der Waals surface area contributed by atoms with Crippen LogP contribution >= 0.6 is 22.6 Å². The molecule has 7 nitrogen and oxygen atoms in total.